The van der Waals surface area contributed by atoms with Gasteiger partial charge in [0.05, 0.1) is 18.3 Å². The summed E-state index contributed by atoms with van der Waals surface area (Å²) in [4.78, 5) is 18.7. The van der Waals surface area contributed by atoms with E-state index in [9.17, 15) is 4.79 Å². The summed E-state index contributed by atoms with van der Waals surface area (Å²) >= 11 is 0. The zero-order valence-electron chi connectivity index (χ0n) is 13.2. The minimum Gasteiger partial charge on any atom is -0.338 e. The van der Waals surface area contributed by atoms with Crippen molar-refractivity contribution in [3.63, 3.8) is 0 Å². The molecular formula is C14H21ClN6O2. The molecular weight excluding hydrogens is 320 g/mol. The average Bonchev–Trinajstić information content (AvgIpc) is 3.08. The molecule has 0 aromatic carbocycles. The third kappa shape index (κ3) is 4.10. The molecule has 0 aliphatic carbocycles. The standard InChI is InChI=1S/C14H20N6O2.ClH/c1-10-7-13(22-18-10)17-12(21)9-20-6-3-15-8-11(20)14-16-4-5-19(14)2;/h4-5,7,11,15H,3,6,8-9H2,1-2H3,(H,17,21);1H. The summed E-state index contributed by atoms with van der Waals surface area (Å²) in [5, 5.41) is 9.84. The lowest BCUT2D eigenvalue weighted by Crippen LogP contribution is -2.49. The molecule has 0 saturated carbocycles. The molecule has 9 heteroatoms. The topological polar surface area (TPSA) is 88.2 Å². The van der Waals surface area contributed by atoms with Crippen LogP contribution in [0.2, 0.25) is 0 Å². The fourth-order valence-electron chi connectivity index (χ4n) is 2.67. The molecule has 126 valence electrons. The monoisotopic (exact) mass is 340 g/mol. The van der Waals surface area contributed by atoms with Gasteiger partial charge >= 0.3 is 0 Å². The third-order valence-electron chi connectivity index (χ3n) is 3.75. The van der Waals surface area contributed by atoms with Crippen molar-refractivity contribution in [2.75, 3.05) is 31.5 Å². The number of anilines is 1. The second-order valence-electron chi connectivity index (χ2n) is 5.47. The van der Waals surface area contributed by atoms with Gasteiger partial charge in [-0.05, 0) is 6.92 Å². The molecule has 1 fully saturated rings. The zero-order chi connectivity index (χ0) is 15.5. The highest BCUT2D eigenvalue weighted by molar-refractivity contribution is 5.91. The summed E-state index contributed by atoms with van der Waals surface area (Å²) in [6.07, 6.45) is 3.69. The predicted molar refractivity (Wildman–Crippen MR) is 87.5 cm³/mol. The molecule has 0 radical (unpaired) electrons. The maximum Gasteiger partial charge on any atom is 0.240 e. The van der Waals surface area contributed by atoms with Crippen molar-refractivity contribution in [1.82, 2.24) is 24.9 Å². The van der Waals surface area contributed by atoms with E-state index >= 15 is 0 Å². The molecule has 1 saturated heterocycles. The Labute approximate surface area is 140 Å². The molecule has 0 bridgehead atoms. The quantitative estimate of drug-likeness (QED) is 0.852. The van der Waals surface area contributed by atoms with Gasteiger partial charge in [0.2, 0.25) is 11.8 Å². The van der Waals surface area contributed by atoms with Gasteiger partial charge in [-0.3, -0.25) is 15.0 Å². The van der Waals surface area contributed by atoms with Crippen LogP contribution in [0.5, 0.6) is 0 Å². The van der Waals surface area contributed by atoms with Gasteiger partial charge < -0.3 is 14.4 Å². The van der Waals surface area contributed by atoms with Crippen LogP contribution in [0.15, 0.2) is 23.0 Å². The van der Waals surface area contributed by atoms with E-state index in [0.717, 1.165) is 31.2 Å². The first-order chi connectivity index (χ1) is 10.6. The predicted octanol–water partition coefficient (Wildman–Crippen LogP) is 0.723. The number of hydrogen-bond donors (Lipinski definition) is 2. The minimum absolute atomic E-state index is 0. The Kier molecular flexibility index (Phi) is 5.75. The average molecular weight is 341 g/mol. The van der Waals surface area contributed by atoms with Crippen molar-refractivity contribution < 1.29 is 9.32 Å². The molecule has 23 heavy (non-hydrogen) atoms. The van der Waals surface area contributed by atoms with Gasteiger partial charge in [-0.2, -0.15) is 0 Å². The van der Waals surface area contributed by atoms with E-state index in [1.807, 2.05) is 24.7 Å². The minimum atomic E-state index is -0.114. The summed E-state index contributed by atoms with van der Waals surface area (Å²) in [5.41, 5.74) is 0.739. The van der Waals surface area contributed by atoms with Gasteiger partial charge in [-0.1, -0.05) is 5.16 Å². The number of aromatic nitrogens is 3. The summed E-state index contributed by atoms with van der Waals surface area (Å²) in [5.74, 6) is 1.22. The Hall–Kier alpha value is -1.90. The highest BCUT2D eigenvalue weighted by Crippen LogP contribution is 2.20. The molecule has 3 rings (SSSR count). The SMILES string of the molecule is Cc1cc(NC(=O)CN2CCNCC2c2nccn2C)on1.Cl. The first-order valence-corrected chi connectivity index (χ1v) is 7.28. The van der Waals surface area contributed by atoms with E-state index in [0.29, 0.717) is 12.4 Å². The van der Waals surface area contributed by atoms with Crippen LogP contribution in [-0.2, 0) is 11.8 Å². The number of carbonyl (C=O) groups is 1. The Morgan fingerprint density at radius 2 is 2.39 bits per heavy atom. The van der Waals surface area contributed by atoms with Crippen LogP contribution in [0.3, 0.4) is 0 Å². The van der Waals surface area contributed by atoms with Gasteiger partial charge in [0.1, 0.15) is 5.82 Å². The molecule has 3 heterocycles. The molecule has 2 aromatic rings. The maximum absolute atomic E-state index is 12.2. The number of carbonyl (C=O) groups excluding carboxylic acids is 1. The number of nitrogens with one attached hydrogen (secondary N) is 2. The number of piperazine rings is 1. The Morgan fingerprint density at radius 3 is 3.04 bits per heavy atom. The first kappa shape index (κ1) is 17.5. The maximum atomic E-state index is 12.2. The van der Waals surface area contributed by atoms with Crippen LogP contribution in [0.1, 0.15) is 17.6 Å². The van der Waals surface area contributed by atoms with Gasteiger partial charge in [-0.15, -0.1) is 12.4 Å². The number of aryl methyl sites for hydroxylation is 2. The van der Waals surface area contributed by atoms with Gasteiger partial charge in [0.25, 0.3) is 0 Å². The highest BCUT2D eigenvalue weighted by Gasteiger charge is 2.28. The summed E-state index contributed by atoms with van der Waals surface area (Å²) < 4.78 is 7.00. The van der Waals surface area contributed by atoms with Crippen LogP contribution in [0.4, 0.5) is 5.88 Å². The van der Waals surface area contributed by atoms with Crippen LogP contribution in [-0.4, -0.2) is 51.7 Å². The normalized spacial score (nSPS) is 18.4. The van der Waals surface area contributed by atoms with Crippen LogP contribution in [0, 0.1) is 6.92 Å². The number of nitrogens with zero attached hydrogens (tertiary/aromatic N) is 4. The van der Waals surface area contributed by atoms with E-state index in [2.05, 4.69) is 25.7 Å². The fourth-order valence-corrected chi connectivity index (χ4v) is 2.67. The Morgan fingerprint density at radius 1 is 1.57 bits per heavy atom. The molecule has 8 nitrogen and oxygen atoms in total. The number of hydrogen-bond acceptors (Lipinski definition) is 6. The molecule has 1 aliphatic rings. The lowest BCUT2D eigenvalue weighted by Gasteiger charge is -2.35. The molecule has 1 atom stereocenters. The number of imidazole rings is 1. The second kappa shape index (κ2) is 7.58. The molecule has 0 spiro atoms. The van der Waals surface area contributed by atoms with Crippen molar-refractivity contribution in [2.24, 2.45) is 7.05 Å². The molecule has 2 N–H and O–H groups in total. The van der Waals surface area contributed by atoms with Gasteiger partial charge in [0, 0.05) is 45.1 Å². The first-order valence-electron chi connectivity index (χ1n) is 7.28. The van der Waals surface area contributed by atoms with Crippen LogP contribution in [0.25, 0.3) is 0 Å². The molecule has 2 aromatic heterocycles. The van der Waals surface area contributed by atoms with Crippen molar-refractivity contribution >= 4 is 24.2 Å². The van der Waals surface area contributed by atoms with E-state index in [4.69, 9.17) is 4.52 Å². The number of rotatable bonds is 4. The van der Waals surface area contributed by atoms with E-state index < -0.39 is 0 Å². The van der Waals surface area contributed by atoms with E-state index in [1.165, 1.54) is 0 Å². The van der Waals surface area contributed by atoms with Crippen molar-refractivity contribution in [3.8, 4) is 0 Å². The summed E-state index contributed by atoms with van der Waals surface area (Å²) in [6, 6.07) is 1.78. The molecule has 1 unspecified atom stereocenters. The lowest BCUT2D eigenvalue weighted by molar-refractivity contribution is -0.118. The lowest BCUT2D eigenvalue weighted by atomic mass is 10.1. The highest BCUT2D eigenvalue weighted by atomic mass is 35.5. The number of halogens is 1. The van der Waals surface area contributed by atoms with Gasteiger partial charge in [0.15, 0.2) is 0 Å². The van der Waals surface area contributed by atoms with E-state index in [1.54, 1.807) is 12.3 Å². The zero-order valence-corrected chi connectivity index (χ0v) is 14.0. The Bertz CT molecular complexity index is 655. The summed E-state index contributed by atoms with van der Waals surface area (Å²) in [6.45, 7) is 4.53. The van der Waals surface area contributed by atoms with Crippen molar-refractivity contribution in [1.29, 1.82) is 0 Å². The smallest absolute Gasteiger partial charge is 0.240 e. The second-order valence-corrected chi connectivity index (χ2v) is 5.47. The molecule has 1 amide bonds. The fraction of sp³-hybridized carbons (Fsp3) is 0.500. The Balaban J connectivity index is 0.00000192. The van der Waals surface area contributed by atoms with Crippen LogP contribution < -0.4 is 10.6 Å². The van der Waals surface area contributed by atoms with Crippen LogP contribution >= 0.6 is 12.4 Å². The van der Waals surface area contributed by atoms with Crippen molar-refractivity contribution in [2.45, 2.75) is 13.0 Å². The van der Waals surface area contributed by atoms with Crippen molar-refractivity contribution in [3.05, 3.63) is 30.0 Å². The number of amides is 1. The van der Waals surface area contributed by atoms with Gasteiger partial charge in [-0.25, -0.2) is 4.98 Å². The molecule has 1 aliphatic heterocycles. The summed E-state index contributed by atoms with van der Waals surface area (Å²) in [7, 11) is 1.96. The van der Waals surface area contributed by atoms with E-state index in [-0.39, 0.29) is 24.4 Å². The third-order valence-corrected chi connectivity index (χ3v) is 3.75. The largest absolute Gasteiger partial charge is 0.338 e.